The van der Waals surface area contributed by atoms with Gasteiger partial charge in [-0.15, -0.1) is 0 Å². The Hall–Kier alpha value is -2.50. The van der Waals surface area contributed by atoms with Gasteiger partial charge in [0.25, 0.3) is 5.56 Å². The van der Waals surface area contributed by atoms with E-state index in [1.54, 1.807) is 0 Å². The van der Waals surface area contributed by atoms with Crippen LogP contribution in [0.3, 0.4) is 0 Å². The third-order valence-corrected chi connectivity index (χ3v) is 2.14. The topological polar surface area (TPSA) is 83.0 Å². The van der Waals surface area contributed by atoms with Gasteiger partial charge in [0.1, 0.15) is 11.5 Å². The van der Waals surface area contributed by atoms with E-state index in [0.29, 0.717) is 0 Å². The molecule has 1 heterocycles. The molecule has 0 aliphatic rings. The fourth-order valence-corrected chi connectivity index (χ4v) is 1.35. The van der Waals surface area contributed by atoms with Crippen LogP contribution in [0.25, 0.3) is 11.3 Å². The minimum Gasteiger partial charge on any atom is -0.476 e. The highest BCUT2D eigenvalue weighted by Gasteiger charge is 2.13. The molecule has 0 unspecified atom stereocenters. The van der Waals surface area contributed by atoms with Crippen LogP contribution in [0.2, 0.25) is 0 Å². The van der Waals surface area contributed by atoms with Gasteiger partial charge in [-0.2, -0.15) is 0 Å². The van der Waals surface area contributed by atoms with E-state index >= 15 is 0 Å². The Balaban J connectivity index is 2.67. The standard InChI is InChI=1S/C11H7FN2O3/c12-7-4-2-1-3-6(7)9-10(15)13-5-8(14-9)11(16)17/h1-5H,(H,13,15)(H,16,17). The molecular formula is C11H7FN2O3. The molecular weight excluding hydrogens is 227 g/mol. The number of halogens is 1. The number of hydrogen-bond donors (Lipinski definition) is 2. The van der Waals surface area contributed by atoms with Crippen LogP contribution < -0.4 is 5.56 Å². The van der Waals surface area contributed by atoms with Crippen molar-refractivity contribution < 1.29 is 14.3 Å². The predicted molar refractivity (Wildman–Crippen MR) is 57.2 cm³/mol. The second-order valence-electron chi connectivity index (χ2n) is 3.25. The second-order valence-corrected chi connectivity index (χ2v) is 3.25. The molecule has 1 aromatic carbocycles. The van der Waals surface area contributed by atoms with Gasteiger partial charge >= 0.3 is 5.97 Å². The molecule has 0 fully saturated rings. The van der Waals surface area contributed by atoms with Crippen LogP contribution in [-0.4, -0.2) is 21.0 Å². The second kappa shape index (κ2) is 4.17. The number of aromatic amines is 1. The van der Waals surface area contributed by atoms with Crippen molar-refractivity contribution in [3.05, 3.63) is 52.3 Å². The van der Waals surface area contributed by atoms with Crippen molar-refractivity contribution >= 4 is 5.97 Å². The number of carboxylic acids is 1. The van der Waals surface area contributed by atoms with Crippen molar-refractivity contribution in [1.82, 2.24) is 9.97 Å². The van der Waals surface area contributed by atoms with Crippen molar-refractivity contribution in [2.24, 2.45) is 0 Å². The SMILES string of the molecule is O=C(O)c1c[nH]c(=O)c(-c2ccccc2F)n1. The molecule has 0 saturated carbocycles. The number of carboxylic acid groups (broad SMARTS) is 1. The van der Waals surface area contributed by atoms with Gasteiger partial charge in [-0.3, -0.25) is 4.79 Å². The molecule has 6 heteroatoms. The lowest BCUT2D eigenvalue weighted by atomic mass is 10.1. The summed E-state index contributed by atoms with van der Waals surface area (Å²) in [5, 5.41) is 8.74. The summed E-state index contributed by atoms with van der Waals surface area (Å²) in [5.74, 6) is -1.92. The highest BCUT2D eigenvalue weighted by atomic mass is 19.1. The average Bonchev–Trinajstić information content (AvgIpc) is 2.30. The fraction of sp³-hybridized carbons (Fsp3) is 0. The highest BCUT2D eigenvalue weighted by molar-refractivity contribution is 5.85. The molecule has 86 valence electrons. The molecule has 0 spiro atoms. The molecule has 1 aromatic heterocycles. The van der Waals surface area contributed by atoms with Crippen LogP contribution in [0.15, 0.2) is 35.3 Å². The Bertz CT molecular complexity index is 637. The molecule has 0 bridgehead atoms. The van der Waals surface area contributed by atoms with Gasteiger partial charge in [0, 0.05) is 11.8 Å². The summed E-state index contributed by atoms with van der Waals surface area (Å²) in [4.78, 5) is 28.0. The molecule has 0 radical (unpaired) electrons. The Morgan fingerprint density at radius 1 is 1.35 bits per heavy atom. The molecule has 0 atom stereocenters. The number of rotatable bonds is 2. The first-order valence-electron chi connectivity index (χ1n) is 4.67. The number of nitrogens with zero attached hydrogens (tertiary/aromatic N) is 1. The Morgan fingerprint density at radius 2 is 2.06 bits per heavy atom. The normalized spacial score (nSPS) is 10.2. The van der Waals surface area contributed by atoms with E-state index < -0.39 is 17.3 Å². The zero-order chi connectivity index (χ0) is 12.4. The molecule has 2 rings (SSSR count). The van der Waals surface area contributed by atoms with Crippen LogP contribution in [0.5, 0.6) is 0 Å². The van der Waals surface area contributed by atoms with Crippen molar-refractivity contribution in [2.45, 2.75) is 0 Å². The first kappa shape index (κ1) is 11.0. The van der Waals surface area contributed by atoms with Gasteiger partial charge in [-0.05, 0) is 12.1 Å². The van der Waals surface area contributed by atoms with E-state index in [1.165, 1.54) is 24.3 Å². The van der Waals surface area contributed by atoms with Crippen LogP contribution in [-0.2, 0) is 0 Å². The van der Waals surface area contributed by atoms with Gasteiger partial charge in [0.05, 0.1) is 0 Å². The summed E-state index contributed by atoms with van der Waals surface area (Å²) in [6.45, 7) is 0. The quantitative estimate of drug-likeness (QED) is 0.819. The summed E-state index contributed by atoms with van der Waals surface area (Å²) < 4.78 is 13.4. The fourth-order valence-electron chi connectivity index (χ4n) is 1.35. The van der Waals surface area contributed by atoms with E-state index in [1.807, 2.05) is 0 Å². The van der Waals surface area contributed by atoms with E-state index in [9.17, 15) is 14.0 Å². The van der Waals surface area contributed by atoms with E-state index in [0.717, 1.165) is 6.20 Å². The average molecular weight is 234 g/mol. The lowest BCUT2D eigenvalue weighted by molar-refractivity contribution is 0.0690. The molecule has 2 aromatic rings. The van der Waals surface area contributed by atoms with Crippen LogP contribution >= 0.6 is 0 Å². The molecule has 0 aliphatic heterocycles. The summed E-state index contributed by atoms with van der Waals surface area (Å²) in [5.41, 5.74) is -1.26. The maximum atomic E-state index is 13.4. The Labute approximate surface area is 94.6 Å². The lowest BCUT2D eigenvalue weighted by Crippen LogP contribution is -2.15. The summed E-state index contributed by atoms with van der Waals surface area (Å²) >= 11 is 0. The van der Waals surface area contributed by atoms with E-state index in [-0.39, 0.29) is 17.0 Å². The first-order valence-corrected chi connectivity index (χ1v) is 4.67. The zero-order valence-electron chi connectivity index (χ0n) is 8.48. The number of hydrogen-bond acceptors (Lipinski definition) is 3. The summed E-state index contributed by atoms with van der Waals surface area (Å²) in [7, 11) is 0. The molecule has 0 aliphatic carbocycles. The molecule has 0 saturated heterocycles. The van der Waals surface area contributed by atoms with E-state index in [2.05, 4.69) is 9.97 Å². The van der Waals surface area contributed by atoms with Crippen molar-refractivity contribution in [3.8, 4) is 11.3 Å². The maximum Gasteiger partial charge on any atom is 0.356 e. The van der Waals surface area contributed by atoms with Gasteiger partial charge in [0.2, 0.25) is 0 Å². The molecule has 17 heavy (non-hydrogen) atoms. The molecule has 0 amide bonds. The van der Waals surface area contributed by atoms with Crippen LogP contribution in [0.1, 0.15) is 10.5 Å². The van der Waals surface area contributed by atoms with Gasteiger partial charge < -0.3 is 10.1 Å². The van der Waals surface area contributed by atoms with E-state index in [4.69, 9.17) is 5.11 Å². The number of benzene rings is 1. The lowest BCUT2D eigenvalue weighted by Gasteiger charge is -2.02. The largest absolute Gasteiger partial charge is 0.476 e. The monoisotopic (exact) mass is 234 g/mol. The third kappa shape index (κ3) is 2.05. The summed E-state index contributed by atoms with van der Waals surface area (Å²) in [6, 6.07) is 5.53. The summed E-state index contributed by atoms with van der Waals surface area (Å²) in [6.07, 6.45) is 0.967. The zero-order valence-corrected chi connectivity index (χ0v) is 8.48. The smallest absolute Gasteiger partial charge is 0.356 e. The predicted octanol–water partition coefficient (Wildman–Crippen LogP) is 1.27. The Kier molecular flexibility index (Phi) is 2.70. The number of nitrogens with one attached hydrogen (secondary N) is 1. The van der Waals surface area contributed by atoms with Gasteiger partial charge in [0.15, 0.2) is 5.69 Å². The number of carbonyl (C=O) groups is 1. The number of H-pyrrole nitrogens is 1. The number of aromatic nitrogens is 2. The third-order valence-electron chi connectivity index (χ3n) is 2.14. The van der Waals surface area contributed by atoms with Crippen molar-refractivity contribution in [3.63, 3.8) is 0 Å². The minimum atomic E-state index is -1.29. The van der Waals surface area contributed by atoms with Crippen molar-refractivity contribution in [1.29, 1.82) is 0 Å². The molecule has 5 nitrogen and oxygen atoms in total. The van der Waals surface area contributed by atoms with Crippen LogP contribution in [0, 0.1) is 5.82 Å². The van der Waals surface area contributed by atoms with Gasteiger partial charge in [-0.25, -0.2) is 14.2 Å². The number of aromatic carboxylic acids is 1. The highest BCUT2D eigenvalue weighted by Crippen LogP contribution is 2.16. The van der Waals surface area contributed by atoms with Crippen LogP contribution in [0.4, 0.5) is 4.39 Å². The minimum absolute atomic E-state index is 0.0307. The van der Waals surface area contributed by atoms with Gasteiger partial charge in [-0.1, -0.05) is 12.1 Å². The molecule has 2 N–H and O–H groups in total. The van der Waals surface area contributed by atoms with Crippen molar-refractivity contribution in [2.75, 3.05) is 0 Å². The maximum absolute atomic E-state index is 13.4. The first-order chi connectivity index (χ1) is 8.09. The Morgan fingerprint density at radius 3 is 2.71 bits per heavy atom.